The molecule has 3 atom stereocenters. The van der Waals surface area contributed by atoms with Crippen molar-refractivity contribution in [2.24, 2.45) is 11.8 Å². The van der Waals surface area contributed by atoms with Gasteiger partial charge in [0.2, 0.25) is 0 Å². The molecule has 0 aromatic heterocycles. The fourth-order valence-electron chi connectivity index (χ4n) is 3.58. The molecule has 0 radical (unpaired) electrons. The zero-order valence-electron chi connectivity index (χ0n) is 15.3. The second-order valence-electron chi connectivity index (χ2n) is 7.13. The summed E-state index contributed by atoms with van der Waals surface area (Å²) in [6.07, 6.45) is -33.8. The molecule has 1 rings (SSSR count). The van der Waals surface area contributed by atoms with Crippen molar-refractivity contribution < 1.29 is 67.6 Å². The Morgan fingerprint density at radius 1 is 0.700 bits per heavy atom. The smallest absolute Gasteiger partial charge is 0.374 e. The molecule has 0 spiro atoms. The molecule has 30 heavy (non-hydrogen) atoms. The molecule has 0 bridgehead atoms. The minimum atomic E-state index is -6.50. The number of hydrogen-bond donors (Lipinski definition) is 2. The number of rotatable bonds is 5. The standard InChI is InChI=1S/C15H18F12O3/c1-3-6(2)30-9-7(10(28,12(16,17)18)13(19,20)21)4-5-8(9)11(29,14(22,23)24)15(25,26)27/h6-9,28-29H,3-5H2,1-2H3. The van der Waals surface area contributed by atoms with Gasteiger partial charge in [0, 0.05) is 11.8 Å². The lowest BCUT2D eigenvalue weighted by Crippen LogP contribution is -2.67. The molecular weight excluding hydrogens is 456 g/mol. The maximum atomic E-state index is 13.2. The first-order valence-corrected chi connectivity index (χ1v) is 8.44. The fourth-order valence-corrected chi connectivity index (χ4v) is 3.58. The van der Waals surface area contributed by atoms with Crippen molar-refractivity contribution in [3.05, 3.63) is 0 Å². The van der Waals surface area contributed by atoms with Gasteiger partial charge in [-0.1, -0.05) is 6.92 Å². The molecule has 0 aromatic rings. The van der Waals surface area contributed by atoms with Gasteiger partial charge < -0.3 is 14.9 Å². The van der Waals surface area contributed by atoms with Crippen LogP contribution in [-0.2, 0) is 4.74 Å². The lowest BCUT2D eigenvalue weighted by atomic mass is 9.77. The molecule has 1 aliphatic rings. The van der Waals surface area contributed by atoms with Crippen molar-refractivity contribution in [3.8, 4) is 0 Å². The largest absolute Gasteiger partial charge is 0.426 e. The van der Waals surface area contributed by atoms with Gasteiger partial charge in [-0.05, 0) is 26.2 Å². The first-order chi connectivity index (χ1) is 13.1. The van der Waals surface area contributed by atoms with Gasteiger partial charge in [0.1, 0.15) is 0 Å². The Kier molecular flexibility index (Phi) is 7.10. The monoisotopic (exact) mass is 474 g/mol. The molecule has 0 aromatic carbocycles. The summed E-state index contributed by atoms with van der Waals surface area (Å²) in [5.41, 5.74) is -11.3. The summed E-state index contributed by atoms with van der Waals surface area (Å²) >= 11 is 0. The third kappa shape index (κ3) is 4.20. The average molecular weight is 474 g/mol. The van der Waals surface area contributed by atoms with E-state index in [0.717, 1.165) is 6.92 Å². The summed E-state index contributed by atoms with van der Waals surface area (Å²) in [6, 6.07) is 0. The zero-order valence-corrected chi connectivity index (χ0v) is 15.3. The molecular formula is C15H18F12O3. The van der Waals surface area contributed by atoms with Crippen LogP contribution in [0.1, 0.15) is 33.1 Å². The lowest BCUT2D eigenvalue weighted by molar-refractivity contribution is -0.404. The molecule has 3 nitrogen and oxygen atoms in total. The molecule has 2 N–H and O–H groups in total. The van der Waals surface area contributed by atoms with Crippen LogP contribution < -0.4 is 0 Å². The molecule has 0 heterocycles. The normalized spacial score (nSPS) is 26.2. The third-order valence-corrected chi connectivity index (χ3v) is 5.35. The highest BCUT2D eigenvalue weighted by Crippen LogP contribution is 2.59. The van der Waals surface area contributed by atoms with Crippen LogP contribution in [0.3, 0.4) is 0 Å². The Morgan fingerprint density at radius 2 is 0.967 bits per heavy atom. The molecule has 1 saturated carbocycles. The Morgan fingerprint density at radius 3 is 1.17 bits per heavy atom. The van der Waals surface area contributed by atoms with E-state index in [1.807, 2.05) is 0 Å². The van der Waals surface area contributed by atoms with E-state index in [9.17, 15) is 62.9 Å². The van der Waals surface area contributed by atoms with Crippen LogP contribution in [0, 0.1) is 11.8 Å². The first-order valence-electron chi connectivity index (χ1n) is 8.44. The van der Waals surface area contributed by atoms with Crippen molar-refractivity contribution >= 4 is 0 Å². The van der Waals surface area contributed by atoms with Gasteiger partial charge in [-0.25, -0.2) is 0 Å². The van der Waals surface area contributed by atoms with Crippen molar-refractivity contribution in [2.75, 3.05) is 0 Å². The number of ether oxygens (including phenoxy) is 1. The fraction of sp³-hybridized carbons (Fsp3) is 1.00. The maximum absolute atomic E-state index is 13.2. The number of hydrogen-bond acceptors (Lipinski definition) is 3. The summed E-state index contributed by atoms with van der Waals surface area (Å²) in [6.45, 7) is 2.25. The van der Waals surface area contributed by atoms with E-state index < -0.39 is 72.8 Å². The highest BCUT2D eigenvalue weighted by atomic mass is 19.4. The van der Waals surface area contributed by atoms with Crippen LogP contribution >= 0.6 is 0 Å². The topological polar surface area (TPSA) is 49.7 Å². The highest BCUT2D eigenvalue weighted by molar-refractivity contribution is 5.12. The van der Waals surface area contributed by atoms with E-state index in [4.69, 9.17) is 4.74 Å². The molecule has 1 aliphatic carbocycles. The summed E-state index contributed by atoms with van der Waals surface area (Å²) in [7, 11) is 0. The van der Waals surface area contributed by atoms with Crippen LogP contribution in [0.25, 0.3) is 0 Å². The molecule has 0 amide bonds. The first kappa shape index (κ1) is 27.1. The summed E-state index contributed by atoms with van der Waals surface area (Å²) in [5.74, 6) is -6.57. The molecule has 3 unspecified atom stereocenters. The summed E-state index contributed by atoms with van der Waals surface area (Å²) < 4.78 is 163. The maximum Gasteiger partial charge on any atom is 0.426 e. The van der Waals surface area contributed by atoms with Gasteiger partial charge in [0.25, 0.3) is 11.2 Å². The summed E-state index contributed by atoms with van der Waals surface area (Å²) in [4.78, 5) is 0. The Balaban J connectivity index is 3.71. The minimum Gasteiger partial charge on any atom is -0.374 e. The van der Waals surface area contributed by atoms with Gasteiger partial charge in [-0.15, -0.1) is 0 Å². The molecule has 0 aliphatic heterocycles. The van der Waals surface area contributed by atoms with E-state index in [0.29, 0.717) is 0 Å². The van der Waals surface area contributed by atoms with E-state index >= 15 is 0 Å². The Labute approximate surface area is 162 Å². The predicted molar refractivity (Wildman–Crippen MR) is 75.0 cm³/mol. The Bertz CT molecular complexity index is 518. The van der Waals surface area contributed by atoms with Crippen LogP contribution in [0.15, 0.2) is 0 Å². The molecule has 0 saturated heterocycles. The van der Waals surface area contributed by atoms with Gasteiger partial charge >= 0.3 is 24.7 Å². The third-order valence-electron chi connectivity index (χ3n) is 5.35. The van der Waals surface area contributed by atoms with Crippen molar-refractivity contribution in [3.63, 3.8) is 0 Å². The van der Waals surface area contributed by atoms with Gasteiger partial charge in [-0.3, -0.25) is 0 Å². The molecule has 180 valence electrons. The second kappa shape index (κ2) is 7.87. The van der Waals surface area contributed by atoms with Crippen LogP contribution in [0.5, 0.6) is 0 Å². The van der Waals surface area contributed by atoms with Crippen LogP contribution in [0.4, 0.5) is 52.7 Å². The predicted octanol–water partition coefficient (Wildman–Crippen LogP) is 4.91. The van der Waals surface area contributed by atoms with E-state index in [-0.39, 0.29) is 6.42 Å². The number of aliphatic hydroxyl groups is 2. The Hall–Kier alpha value is -0.960. The van der Waals surface area contributed by atoms with E-state index in [2.05, 4.69) is 0 Å². The lowest BCUT2D eigenvalue weighted by Gasteiger charge is -2.44. The van der Waals surface area contributed by atoms with Gasteiger partial charge in [0.15, 0.2) is 0 Å². The highest BCUT2D eigenvalue weighted by Gasteiger charge is 2.81. The quantitative estimate of drug-likeness (QED) is 0.557. The SMILES string of the molecule is CCC(C)OC1C(C(O)(C(F)(F)F)C(F)(F)F)CCC1C(O)(C(F)(F)F)C(F)(F)F. The second-order valence-corrected chi connectivity index (χ2v) is 7.13. The summed E-state index contributed by atoms with van der Waals surface area (Å²) in [5, 5.41) is 19.1. The van der Waals surface area contributed by atoms with Crippen molar-refractivity contribution in [2.45, 2.75) is 81.2 Å². The average Bonchev–Trinajstić information content (AvgIpc) is 2.92. The number of alkyl halides is 12. The molecule has 1 fully saturated rings. The number of halogens is 12. The van der Waals surface area contributed by atoms with Gasteiger partial charge in [-0.2, -0.15) is 52.7 Å². The van der Waals surface area contributed by atoms with E-state index in [1.54, 1.807) is 0 Å². The van der Waals surface area contributed by atoms with Crippen LogP contribution in [0.2, 0.25) is 0 Å². The zero-order chi connectivity index (χ0) is 24.1. The van der Waals surface area contributed by atoms with Gasteiger partial charge in [0.05, 0.1) is 12.2 Å². The molecule has 15 heteroatoms. The van der Waals surface area contributed by atoms with Crippen molar-refractivity contribution in [1.82, 2.24) is 0 Å². The van der Waals surface area contributed by atoms with E-state index in [1.165, 1.54) is 6.92 Å². The minimum absolute atomic E-state index is 0.205. The van der Waals surface area contributed by atoms with Crippen LogP contribution in [-0.4, -0.2) is 58.3 Å². The van der Waals surface area contributed by atoms with Crippen molar-refractivity contribution in [1.29, 1.82) is 0 Å².